The van der Waals surface area contributed by atoms with Crippen molar-refractivity contribution < 1.29 is 4.57 Å². The van der Waals surface area contributed by atoms with E-state index in [1.54, 1.807) is 0 Å². The van der Waals surface area contributed by atoms with Crippen LogP contribution in [0.4, 0.5) is 0 Å². The third-order valence-electron chi connectivity index (χ3n) is 4.20. The molecule has 0 radical (unpaired) electrons. The molecule has 0 aliphatic heterocycles. The largest absolute Gasteiger partial charge is 0.286 e. The first-order valence-electron chi connectivity index (χ1n) is 7.56. The first-order valence-corrected chi connectivity index (χ1v) is 7.56. The van der Waals surface area contributed by atoms with Gasteiger partial charge in [0.1, 0.15) is 5.69 Å². The van der Waals surface area contributed by atoms with Gasteiger partial charge in [-0.1, -0.05) is 47.4 Å². The smallest absolute Gasteiger partial charge is 0.232 e. The van der Waals surface area contributed by atoms with Gasteiger partial charge < -0.3 is 0 Å². The topological polar surface area (TPSA) is 16.8 Å². The maximum atomic E-state index is 4.42. The van der Waals surface area contributed by atoms with Crippen LogP contribution in [0.15, 0.2) is 55.0 Å². The fourth-order valence-corrected chi connectivity index (χ4v) is 3.11. The summed E-state index contributed by atoms with van der Waals surface area (Å²) in [4.78, 5) is 4.42. The number of benzene rings is 2. The monoisotopic (exact) mass is 289 g/mol. The molecule has 0 saturated carbocycles. The summed E-state index contributed by atoms with van der Waals surface area (Å²) in [5.74, 6) is 0. The maximum absolute atomic E-state index is 4.42. The molecule has 110 valence electrons. The minimum absolute atomic E-state index is 1.19. The van der Waals surface area contributed by atoms with Crippen LogP contribution >= 0.6 is 0 Å². The molecule has 0 unspecified atom stereocenters. The van der Waals surface area contributed by atoms with E-state index in [1.165, 1.54) is 39.1 Å². The fraction of sp³-hybridized carbons (Fsp3) is 0.200. The first-order chi connectivity index (χ1) is 10.6. The summed E-state index contributed by atoms with van der Waals surface area (Å²) >= 11 is 0. The molecule has 2 aromatic carbocycles. The van der Waals surface area contributed by atoms with E-state index < -0.39 is 0 Å². The molecule has 1 heterocycles. The van der Waals surface area contributed by atoms with Crippen molar-refractivity contribution in [3.05, 3.63) is 71.7 Å². The van der Waals surface area contributed by atoms with Crippen LogP contribution in [-0.2, 0) is 7.05 Å². The summed E-state index contributed by atoms with van der Waals surface area (Å²) < 4.78 is 2.11. The lowest BCUT2D eigenvalue weighted by atomic mass is 9.92. The zero-order chi connectivity index (χ0) is 15.7. The molecule has 2 heteroatoms. The Balaban J connectivity index is 2.36. The standard InChI is InChI=1S/C20H21N2/c1-14-8-5-6-11-17(14)20-18(12-21-13-22(20)4)19-15(2)9-7-10-16(19)3/h5-13H,1-4H3/q+1. The predicted octanol–water partition coefficient (Wildman–Crippen LogP) is 4.17. The summed E-state index contributed by atoms with van der Waals surface area (Å²) in [5.41, 5.74) is 8.78. The van der Waals surface area contributed by atoms with Crippen LogP contribution in [0.1, 0.15) is 16.7 Å². The number of nitrogens with zero attached hydrogens (tertiary/aromatic N) is 2. The number of rotatable bonds is 2. The first kappa shape index (κ1) is 14.5. The zero-order valence-electron chi connectivity index (χ0n) is 13.6. The summed E-state index contributed by atoms with van der Waals surface area (Å²) in [5, 5.41) is 0. The van der Waals surface area contributed by atoms with Gasteiger partial charge in [-0.15, -0.1) is 0 Å². The predicted molar refractivity (Wildman–Crippen MR) is 90.5 cm³/mol. The van der Waals surface area contributed by atoms with Gasteiger partial charge in [-0.25, -0.2) is 4.57 Å². The van der Waals surface area contributed by atoms with Crippen molar-refractivity contribution in [2.75, 3.05) is 0 Å². The maximum Gasteiger partial charge on any atom is 0.286 e. The van der Waals surface area contributed by atoms with E-state index in [0.717, 1.165) is 0 Å². The molecule has 0 bridgehead atoms. The molecule has 0 saturated heterocycles. The Morgan fingerprint density at radius 2 is 1.41 bits per heavy atom. The van der Waals surface area contributed by atoms with Gasteiger partial charge in [-0.05, 0) is 43.0 Å². The van der Waals surface area contributed by atoms with Crippen molar-refractivity contribution >= 4 is 0 Å². The number of hydrogen-bond acceptors (Lipinski definition) is 1. The Morgan fingerprint density at radius 1 is 0.773 bits per heavy atom. The van der Waals surface area contributed by atoms with Crippen LogP contribution in [0.2, 0.25) is 0 Å². The minimum atomic E-state index is 1.19. The molecule has 0 fully saturated rings. The lowest BCUT2D eigenvalue weighted by molar-refractivity contribution is -0.663. The van der Waals surface area contributed by atoms with E-state index in [-0.39, 0.29) is 0 Å². The van der Waals surface area contributed by atoms with E-state index in [0.29, 0.717) is 0 Å². The Morgan fingerprint density at radius 3 is 2.09 bits per heavy atom. The molecule has 0 amide bonds. The van der Waals surface area contributed by atoms with Crippen LogP contribution in [0, 0.1) is 20.8 Å². The van der Waals surface area contributed by atoms with Crippen molar-refractivity contribution in [3.63, 3.8) is 0 Å². The van der Waals surface area contributed by atoms with E-state index in [4.69, 9.17) is 0 Å². The van der Waals surface area contributed by atoms with Crippen molar-refractivity contribution in [1.82, 2.24) is 4.98 Å². The van der Waals surface area contributed by atoms with E-state index in [9.17, 15) is 0 Å². The minimum Gasteiger partial charge on any atom is -0.232 e. The van der Waals surface area contributed by atoms with Crippen LogP contribution in [-0.4, -0.2) is 4.98 Å². The highest BCUT2D eigenvalue weighted by Crippen LogP contribution is 2.34. The molecule has 2 nitrogen and oxygen atoms in total. The normalized spacial score (nSPS) is 10.7. The second-order valence-electron chi connectivity index (χ2n) is 5.85. The molecule has 1 aromatic heterocycles. The van der Waals surface area contributed by atoms with Crippen molar-refractivity contribution in [2.45, 2.75) is 20.8 Å². The number of hydrogen-bond donors (Lipinski definition) is 0. The van der Waals surface area contributed by atoms with Gasteiger partial charge in [0.15, 0.2) is 6.20 Å². The van der Waals surface area contributed by atoms with E-state index >= 15 is 0 Å². The van der Waals surface area contributed by atoms with Gasteiger partial charge in [0.25, 0.3) is 6.33 Å². The molecular formula is C20H21N2+. The Hall–Kier alpha value is -2.48. The highest BCUT2D eigenvalue weighted by molar-refractivity contribution is 5.82. The Labute approximate surface area is 132 Å². The van der Waals surface area contributed by atoms with E-state index in [1.807, 2.05) is 12.5 Å². The SMILES string of the molecule is Cc1ccccc1-c1c(-c2c(C)cccc2C)cnc[n+]1C. The van der Waals surface area contributed by atoms with Crippen LogP contribution in [0.3, 0.4) is 0 Å². The zero-order valence-corrected chi connectivity index (χ0v) is 13.6. The number of aryl methyl sites for hydroxylation is 4. The van der Waals surface area contributed by atoms with Crippen LogP contribution < -0.4 is 4.57 Å². The average Bonchev–Trinajstić information content (AvgIpc) is 2.48. The lowest BCUT2D eigenvalue weighted by Crippen LogP contribution is -2.32. The van der Waals surface area contributed by atoms with Gasteiger partial charge in [0, 0.05) is 5.56 Å². The molecule has 0 N–H and O–H groups in total. The quantitative estimate of drug-likeness (QED) is 0.647. The Kier molecular flexibility index (Phi) is 3.76. The van der Waals surface area contributed by atoms with Crippen LogP contribution in [0.25, 0.3) is 22.4 Å². The van der Waals surface area contributed by atoms with Gasteiger partial charge in [0.2, 0.25) is 0 Å². The van der Waals surface area contributed by atoms with Crippen molar-refractivity contribution in [2.24, 2.45) is 7.05 Å². The molecule has 0 aliphatic rings. The summed E-state index contributed by atoms with van der Waals surface area (Å²) in [7, 11) is 2.06. The van der Waals surface area contributed by atoms with Crippen molar-refractivity contribution in [3.8, 4) is 22.4 Å². The molecule has 0 spiro atoms. The molecule has 0 aliphatic carbocycles. The van der Waals surface area contributed by atoms with Gasteiger partial charge >= 0.3 is 0 Å². The fourth-order valence-electron chi connectivity index (χ4n) is 3.11. The summed E-state index contributed by atoms with van der Waals surface area (Å²) in [6.07, 6.45) is 3.86. The molecule has 0 atom stereocenters. The van der Waals surface area contributed by atoms with Gasteiger partial charge in [-0.2, -0.15) is 0 Å². The second-order valence-corrected chi connectivity index (χ2v) is 5.85. The highest BCUT2D eigenvalue weighted by atomic mass is 15.0. The molecule has 3 aromatic rings. The lowest BCUT2D eigenvalue weighted by Gasteiger charge is -2.14. The van der Waals surface area contributed by atoms with Crippen molar-refractivity contribution in [1.29, 1.82) is 0 Å². The van der Waals surface area contributed by atoms with Crippen LogP contribution in [0.5, 0.6) is 0 Å². The molecule has 3 rings (SSSR count). The number of aromatic nitrogens is 2. The third-order valence-corrected chi connectivity index (χ3v) is 4.20. The average molecular weight is 289 g/mol. The summed E-state index contributed by atoms with van der Waals surface area (Å²) in [6, 6.07) is 15.0. The second kappa shape index (κ2) is 5.72. The summed E-state index contributed by atoms with van der Waals surface area (Å²) in [6.45, 7) is 6.48. The van der Waals surface area contributed by atoms with Gasteiger partial charge in [0.05, 0.1) is 12.6 Å². The van der Waals surface area contributed by atoms with Gasteiger partial charge in [-0.3, -0.25) is 0 Å². The molecular weight excluding hydrogens is 268 g/mol. The van der Waals surface area contributed by atoms with E-state index in [2.05, 4.69) is 79.8 Å². The molecule has 22 heavy (non-hydrogen) atoms. The Bertz CT molecular complexity index is 815. The highest BCUT2D eigenvalue weighted by Gasteiger charge is 2.20. The third kappa shape index (κ3) is 2.41.